The molecule has 0 aromatic carbocycles. The Bertz CT molecular complexity index is 181. The number of rotatable bonds is 4. The zero-order valence-electron chi connectivity index (χ0n) is 5.15. The van der Waals surface area contributed by atoms with Crippen molar-refractivity contribution in [1.29, 1.82) is 0 Å². The summed E-state index contributed by atoms with van der Waals surface area (Å²) >= 11 is -3.23. The Morgan fingerprint density at radius 3 is 1.60 bits per heavy atom. The molecule has 0 saturated heterocycles. The van der Waals surface area contributed by atoms with E-state index in [9.17, 15) is 14.4 Å². The molecule has 0 heterocycles. The van der Waals surface area contributed by atoms with Crippen molar-refractivity contribution in [2.45, 2.75) is 0 Å². The molecule has 0 saturated carbocycles. The summed E-state index contributed by atoms with van der Waals surface area (Å²) < 4.78 is 0. The summed E-state index contributed by atoms with van der Waals surface area (Å²) in [7, 11) is 0. The third-order valence-corrected chi connectivity index (χ3v) is 3.25. The molecule has 0 spiro atoms. The third kappa shape index (κ3) is 1.78. The van der Waals surface area contributed by atoms with Gasteiger partial charge < -0.3 is 0 Å². The van der Waals surface area contributed by atoms with Crippen LogP contribution in [-0.2, 0) is 27.5 Å². The van der Waals surface area contributed by atoms with Crippen LogP contribution >= 0.6 is 0 Å². The molecule has 0 fully saturated rings. The Kier molecular flexibility index (Phi) is 3.60. The Labute approximate surface area is 60.7 Å². The van der Waals surface area contributed by atoms with Crippen molar-refractivity contribution in [3.8, 4) is 0 Å². The first-order valence-corrected chi connectivity index (χ1v) is 5.24. The van der Waals surface area contributed by atoms with Crippen LogP contribution in [0.5, 0.6) is 0 Å². The number of carbonyl (C=O) groups excluding carboxylic acids is 3. The third-order valence-electron chi connectivity index (χ3n) is 0.787. The van der Waals surface area contributed by atoms with E-state index in [0.717, 1.165) is 0 Å². The molecule has 0 radical (unpaired) electrons. The molecular formula is C6H6CrO3. The van der Waals surface area contributed by atoms with E-state index in [4.69, 9.17) is 0 Å². The summed E-state index contributed by atoms with van der Waals surface area (Å²) in [6.07, 6.45) is 0. The topological polar surface area (TPSA) is 51.2 Å². The molecule has 0 amide bonds. The van der Waals surface area contributed by atoms with Crippen LogP contribution < -0.4 is 0 Å². The molecule has 0 atom stereocenters. The molecule has 54 valence electrons. The van der Waals surface area contributed by atoms with Crippen LogP contribution in [0.25, 0.3) is 0 Å². The van der Waals surface area contributed by atoms with Crippen molar-refractivity contribution >= 4 is 15.4 Å². The molecule has 0 N–H and O–H groups in total. The van der Waals surface area contributed by atoms with Crippen molar-refractivity contribution in [2.75, 3.05) is 0 Å². The molecule has 0 aromatic rings. The molecule has 0 rings (SSSR count). The van der Waals surface area contributed by atoms with Crippen molar-refractivity contribution in [3.05, 3.63) is 17.2 Å². The van der Waals surface area contributed by atoms with E-state index in [0.29, 0.717) is 15.4 Å². The Hall–Kier alpha value is -0.938. The molecule has 0 aliphatic heterocycles. The van der Waals surface area contributed by atoms with Gasteiger partial charge in [-0.2, -0.15) is 0 Å². The van der Waals surface area contributed by atoms with Crippen LogP contribution in [0.4, 0.5) is 0 Å². The van der Waals surface area contributed by atoms with Gasteiger partial charge >= 0.3 is 60.2 Å². The van der Waals surface area contributed by atoms with Gasteiger partial charge in [-0.1, -0.05) is 0 Å². The summed E-state index contributed by atoms with van der Waals surface area (Å²) in [5.41, 5.74) is 2.26. The zero-order chi connectivity index (χ0) is 8.04. The van der Waals surface area contributed by atoms with Crippen molar-refractivity contribution in [3.63, 3.8) is 0 Å². The van der Waals surface area contributed by atoms with Crippen LogP contribution in [0.1, 0.15) is 0 Å². The van der Waals surface area contributed by atoms with Gasteiger partial charge in [0.1, 0.15) is 0 Å². The molecule has 0 aliphatic carbocycles. The Balaban J connectivity index is 4.79. The molecule has 10 heavy (non-hydrogen) atoms. The van der Waals surface area contributed by atoms with Gasteiger partial charge in [0.05, 0.1) is 0 Å². The second kappa shape index (κ2) is 3.97. The van der Waals surface area contributed by atoms with Crippen LogP contribution in [0.3, 0.4) is 0 Å². The second-order valence-corrected chi connectivity index (χ2v) is 5.25. The van der Waals surface area contributed by atoms with Crippen LogP contribution in [0.15, 0.2) is 17.2 Å². The fourth-order valence-corrected chi connectivity index (χ4v) is 1.22. The summed E-state index contributed by atoms with van der Waals surface area (Å²) in [5.74, 6) is 0. The molecule has 0 bridgehead atoms. The fraction of sp³-hybridized carbons (Fsp3) is 0. The van der Waals surface area contributed by atoms with Crippen molar-refractivity contribution < 1.29 is 27.5 Å². The number of hydrogen-bond acceptors (Lipinski definition) is 3. The predicted octanol–water partition coefficient (Wildman–Crippen LogP) is 0.00950. The number of hydrogen-bond donors (Lipinski definition) is 0. The first-order chi connectivity index (χ1) is 4.74. The molecule has 3 nitrogen and oxygen atoms in total. The number of carbonyl (C=O) groups is 3. The fourth-order valence-electron chi connectivity index (χ4n) is 0.296. The molecule has 0 unspecified atom stereocenters. The standard InChI is InChI=1S/C3H3.3CHO.Cr/c1-3-2;3*1-2;/h1H,2H2;3*1H;. The van der Waals surface area contributed by atoms with E-state index in [1.54, 1.807) is 0 Å². The van der Waals surface area contributed by atoms with E-state index in [2.05, 4.69) is 12.3 Å². The first-order valence-electron chi connectivity index (χ1n) is 2.29. The summed E-state index contributed by atoms with van der Waals surface area (Å²) in [6.45, 7) is 3.17. The van der Waals surface area contributed by atoms with Crippen LogP contribution in [0, 0.1) is 0 Å². The Morgan fingerprint density at radius 1 is 1.10 bits per heavy atom. The normalized spacial score (nSPS) is 10.8. The van der Waals surface area contributed by atoms with E-state index in [-0.39, 0.29) is 0 Å². The molecule has 0 aliphatic rings. The summed E-state index contributed by atoms with van der Waals surface area (Å²) in [6, 6.07) is 0. The van der Waals surface area contributed by atoms with Gasteiger partial charge in [-0.3, -0.25) is 0 Å². The van der Waals surface area contributed by atoms with Gasteiger partial charge in [0, 0.05) is 0 Å². The van der Waals surface area contributed by atoms with E-state index >= 15 is 0 Å². The maximum absolute atomic E-state index is 10.2. The van der Waals surface area contributed by atoms with Crippen molar-refractivity contribution in [1.82, 2.24) is 0 Å². The van der Waals surface area contributed by atoms with Gasteiger partial charge in [0.2, 0.25) is 0 Å². The van der Waals surface area contributed by atoms with Crippen LogP contribution in [0.2, 0.25) is 0 Å². The SMILES string of the molecule is C=C=[CH][Cr]([CH]=O)([CH]=O)[CH]=O. The predicted molar refractivity (Wildman–Crippen MR) is 34.0 cm³/mol. The minimum absolute atomic E-state index is 0.397. The van der Waals surface area contributed by atoms with Gasteiger partial charge in [-0.15, -0.1) is 0 Å². The van der Waals surface area contributed by atoms with Gasteiger partial charge in [0.25, 0.3) is 0 Å². The zero-order valence-corrected chi connectivity index (χ0v) is 6.42. The second-order valence-electron chi connectivity index (χ2n) is 1.43. The van der Waals surface area contributed by atoms with E-state index in [1.807, 2.05) is 0 Å². The average Bonchev–Trinajstić information content (AvgIpc) is 2.01. The Morgan fingerprint density at radius 2 is 1.50 bits per heavy atom. The maximum atomic E-state index is 10.2. The average molecular weight is 178 g/mol. The van der Waals surface area contributed by atoms with Gasteiger partial charge in [0.15, 0.2) is 0 Å². The molecule has 0 aromatic heterocycles. The van der Waals surface area contributed by atoms with Crippen LogP contribution in [-0.4, -0.2) is 15.4 Å². The monoisotopic (exact) mass is 178 g/mol. The quantitative estimate of drug-likeness (QED) is 0.450. The minimum atomic E-state index is -3.23. The van der Waals surface area contributed by atoms with E-state index < -0.39 is 13.1 Å². The van der Waals surface area contributed by atoms with Gasteiger partial charge in [-0.25, -0.2) is 0 Å². The summed E-state index contributed by atoms with van der Waals surface area (Å²) in [5, 5.41) is 1.19. The first kappa shape index (κ1) is 9.06. The summed E-state index contributed by atoms with van der Waals surface area (Å²) in [4.78, 5) is 31.7. The van der Waals surface area contributed by atoms with Gasteiger partial charge in [-0.05, 0) is 0 Å². The van der Waals surface area contributed by atoms with E-state index in [1.165, 1.54) is 4.94 Å². The molecular weight excluding hydrogens is 172 g/mol. The molecule has 4 heteroatoms. The van der Waals surface area contributed by atoms with Crippen molar-refractivity contribution in [2.24, 2.45) is 0 Å².